The summed E-state index contributed by atoms with van der Waals surface area (Å²) in [6.07, 6.45) is -0.376. The molecule has 4 N–H and O–H groups in total. The number of rotatable bonds is 6. The molecule has 26 heavy (non-hydrogen) atoms. The lowest BCUT2D eigenvalue weighted by molar-refractivity contribution is 0.0791. The van der Waals surface area contributed by atoms with E-state index in [-0.39, 0.29) is 16.0 Å². The molecular weight excluding hydrogens is 365 g/mol. The fourth-order valence-electron chi connectivity index (χ4n) is 2.26. The Hall–Kier alpha value is -2.65. The highest BCUT2D eigenvalue weighted by Crippen LogP contribution is 2.25. The number of aliphatic hydroxyl groups excluding tert-OH is 1. The molecule has 7 nitrogen and oxygen atoms in total. The van der Waals surface area contributed by atoms with Crippen LogP contribution in [0.1, 0.15) is 22.0 Å². The van der Waals surface area contributed by atoms with E-state index < -0.39 is 46.1 Å². The van der Waals surface area contributed by atoms with Crippen LogP contribution in [0.25, 0.3) is 0 Å². The summed E-state index contributed by atoms with van der Waals surface area (Å²) < 4.78 is 36.2. The third-order valence-corrected chi connectivity index (χ3v) is 4.88. The van der Waals surface area contributed by atoms with Gasteiger partial charge >= 0.3 is 0 Å². The van der Waals surface area contributed by atoms with E-state index in [1.807, 2.05) is 0 Å². The molecule has 0 saturated heterocycles. The molecule has 0 aliphatic carbocycles. The Balaban J connectivity index is 2.16. The summed E-state index contributed by atoms with van der Waals surface area (Å²) in [6.45, 7) is -1.08. The number of alkyl halides is 1. The van der Waals surface area contributed by atoms with Gasteiger partial charge in [-0.25, -0.2) is 12.8 Å². The quantitative estimate of drug-likeness (QED) is 0.558. The molecule has 0 aromatic heterocycles. The van der Waals surface area contributed by atoms with E-state index in [0.717, 1.165) is 18.4 Å². The normalized spacial score (nSPS) is 13.8. The number of benzene rings is 2. The molecule has 2 aromatic rings. The van der Waals surface area contributed by atoms with Crippen LogP contribution in [0.4, 0.5) is 4.39 Å². The average Bonchev–Trinajstić information content (AvgIpc) is 2.60. The van der Waals surface area contributed by atoms with Gasteiger partial charge in [0.15, 0.2) is 21.3 Å². The standard InChI is InChI=1S/C17H18FNO6S/c1-26(24,25)12-5-2-10(3-6-12)16(22)13(9-18)19-17(23)11-4-7-14(20)15(21)8-11/h2-8,13,16,20-22H,9H2,1H3,(H,19,23)/t13?,16-/m1/s1. The Labute approximate surface area is 149 Å². The number of aromatic hydroxyl groups is 2. The first kappa shape index (κ1) is 19.7. The van der Waals surface area contributed by atoms with Crippen LogP contribution in [0, 0.1) is 0 Å². The van der Waals surface area contributed by atoms with Crippen molar-refractivity contribution in [1.29, 1.82) is 0 Å². The molecule has 140 valence electrons. The van der Waals surface area contributed by atoms with E-state index in [0.29, 0.717) is 0 Å². The SMILES string of the molecule is CS(=O)(=O)c1ccc([C@@H](O)C(CF)NC(=O)c2ccc(O)c(O)c2)cc1. The Morgan fingerprint density at radius 3 is 2.23 bits per heavy atom. The summed E-state index contributed by atoms with van der Waals surface area (Å²) in [4.78, 5) is 12.2. The fourth-order valence-corrected chi connectivity index (χ4v) is 2.89. The first-order chi connectivity index (χ1) is 12.1. The van der Waals surface area contributed by atoms with Crippen molar-refractivity contribution in [2.75, 3.05) is 12.9 Å². The van der Waals surface area contributed by atoms with Crippen molar-refractivity contribution in [2.24, 2.45) is 0 Å². The number of phenols is 2. The van der Waals surface area contributed by atoms with Crippen molar-refractivity contribution in [3.05, 3.63) is 53.6 Å². The van der Waals surface area contributed by atoms with Gasteiger partial charge in [-0.05, 0) is 35.9 Å². The molecule has 9 heteroatoms. The summed E-state index contributed by atoms with van der Waals surface area (Å²) in [5.74, 6) is -1.67. The number of hydrogen-bond donors (Lipinski definition) is 4. The highest BCUT2D eigenvalue weighted by atomic mass is 32.2. The first-order valence-corrected chi connectivity index (χ1v) is 9.39. The third kappa shape index (κ3) is 4.50. The van der Waals surface area contributed by atoms with Gasteiger partial charge in [0.2, 0.25) is 0 Å². The van der Waals surface area contributed by atoms with Gasteiger partial charge in [0.25, 0.3) is 5.91 Å². The number of sulfone groups is 1. The van der Waals surface area contributed by atoms with Crippen molar-refractivity contribution in [1.82, 2.24) is 5.32 Å². The van der Waals surface area contributed by atoms with Crippen molar-refractivity contribution < 1.29 is 32.9 Å². The van der Waals surface area contributed by atoms with E-state index in [4.69, 9.17) is 0 Å². The Morgan fingerprint density at radius 2 is 1.73 bits per heavy atom. The number of carbonyl (C=O) groups is 1. The Bertz CT molecular complexity index is 898. The summed E-state index contributed by atoms with van der Waals surface area (Å²) in [7, 11) is -3.40. The molecule has 0 saturated carbocycles. The summed E-state index contributed by atoms with van der Waals surface area (Å²) >= 11 is 0. The number of hydrogen-bond acceptors (Lipinski definition) is 6. The highest BCUT2D eigenvalue weighted by molar-refractivity contribution is 7.90. The predicted molar refractivity (Wildman–Crippen MR) is 91.5 cm³/mol. The van der Waals surface area contributed by atoms with Crippen LogP contribution >= 0.6 is 0 Å². The van der Waals surface area contributed by atoms with Gasteiger partial charge in [-0.1, -0.05) is 12.1 Å². The number of nitrogens with one attached hydrogen (secondary N) is 1. The Morgan fingerprint density at radius 1 is 1.12 bits per heavy atom. The molecule has 0 aliphatic heterocycles. The number of aliphatic hydroxyl groups is 1. The lowest BCUT2D eigenvalue weighted by Crippen LogP contribution is -2.41. The molecule has 0 radical (unpaired) electrons. The van der Waals surface area contributed by atoms with Gasteiger partial charge < -0.3 is 20.6 Å². The minimum atomic E-state index is -3.40. The minimum absolute atomic E-state index is 0.0293. The van der Waals surface area contributed by atoms with Gasteiger partial charge in [-0.2, -0.15) is 0 Å². The van der Waals surface area contributed by atoms with E-state index in [1.165, 1.54) is 30.3 Å². The molecule has 2 aromatic carbocycles. The topological polar surface area (TPSA) is 124 Å². The van der Waals surface area contributed by atoms with Crippen LogP contribution in [0.5, 0.6) is 11.5 Å². The highest BCUT2D eigenvalue weighted by Gasteiger charge is 2.24. The average molecular weight is 383 g/mol. The zero-order valence-corrected chi connectivity index (χ0v) is 14.6. The predicted octanol–water partition coefficient (Wildman–Crippen LogP) is 1.30. The van der Waals surface area contributed by atoms with Crippen LogP contribution in [-0.2, 0) is 9.84 Å². The Kier molecular flexibility index (Phi) is 5.83. The van der Waals surface area contributed by atoms with Gasteiger partial charge in [0.1, 0.15) is 12.8 Å². The second-order valence-corrected chi connectivity index (χ2v) is 7.74. The molecule has 0 aliphatic rings. The van der Waals surface area contributed by atoms with Gasteiger partial charge in [-0.15, -0.1) is 0 Å². The summed E-state index contributed by atoms with van der Waals surface area (Å²) in [6, 6.07) is 7.29. The molecule has 2 atom stereocenters. The maximum absolute atomic E-state index is 13.3. The van der Waals surface area contributed by atoms with Gasteiger partial charge in [-0.3, -0.25) is 4.79 Å². The molecule has 0 bridgehead atoms. The second-order valence-electron chi connectivity index (χ2n) is 5.72. The van der Waals surface area contributed by atoms with E-state index in [9.17, 15) is 32.9 Å². The molecule has 1 unspecified atom stereocenters. The van der Waals surface area contributed by atoms with Crippen LogP contribution in [0.15, 0.2) is 47.4 Å². The lowest BCUT2D eigenvalue weighted by Gasteiger charge is -2.22. The maximum Gasteiger partial charge on any atom is 0.251 e. The zero-order chi connectivity index (χ0) is 19.5. The van der Waals surface area contributed by atoms with E-state index in [2.05, 4.69) is 5.32 Å². The molecule has 1 amide bonds. The first-order valence-electron chi connectivity index (χ1n) is 7.50. The van der Waals surface area contributed by atoms with Gasteiger partial charge in [0.05, 0.1) is 10.9 Å². The monoisotopic (exact) mass is 383 g/mol. The summed E-state index contributed by atoms with van der Waals surface area (Å²) in [5, 5.41) is 31.2. The maximum atomic E-state index is 13.3. The molecule has 2 rings (SSSR count). The lowest BCUT2D eigenvalue weighted by atomic mass is 10.0. The molecule has 0 heterocycles. The van der Waals surface area contributed by atoms with Crippen LogP contribution in [-0.4, -0.2) is 48.6 Å². The van der Waals surface area contributed by atoms with E-state index in [1.54, 1.807) is 0 Å². The fraction of sp³-hybridized carbons (Fsp3) is 0.235. The van der Waals surface area contributed by atoms with Crippen molar-refractivity contribution in [3.63, 3.8) is 0 Å². The van der Waals surface area contributed by atoms with Crippen LogP contribution in [0.3, 0.4) is 0 Å². The van der Waals surface area contributed by atoms with E-state index >= 15 is 0 Å². The van der Waals surface area contributed by atoms with Crippen LogP contribution in [0.2, 0.25) is 0 Å². The largest absolute Gasteiger partial charge is 0.504 e. The number of phenolic OH excluding ortho intramolecular Hbond substituents is 2. The van der Waals surface area contributed by atoms with Crippen LogP contribution < -0.4 is 5.32 Å². The number of halogens is 1. The molecule has 0 spiro atoms. The van der Waals surface area contributed by atoms with Crippen molar-refractivity contribution in [2.45, 2.75) is 17.0 Å². The zero-order valence-electron chi connectivity index (χ0n) is 13.8. The van der Waals surface area contributed by atoms with Gasteiger partial charge in [0, 0.05) is 11.8 Å². The minimum Gasteiger partial charge on any atom is -0.504 e. The third-order valence-electron chi connectivity index (χ3n) is 3.75. The second kappa shape index (κ2) is 7.71. The van der Waals surface area contributed by atoms with Crippen molar-refractivity contribution >= 4 is 15.7 Å². The van der Waals surface area contributed by atoms with Crippen molar-refractivity contribution in [3.8, 4) is 11.5 Å². The smallest absolute Gasteiger partial charge is 0.251 e. The summed E-state index contributed by atoms with van der Waals surface area (Å²) in [5.41, 5.74) is 0.201. The molecular formula is C17H18FNO6S. The molecule has 0 fully saturated rings. The number of amides is 1. The number of carbonyl (C=O) groups excluding carboxylic acids is 1.